The molecule has 29 heavy (non-hydrogen) atoms. The van der Waals surface area contributed by atoms with Gasteiger partial charge in [-0.15, -0.1) is 0 Å². The summed E-state index contributed by atoms with van der Waals surface area (Å²) in [6, 6.07) is 10.9. The Morgan fingerprint density at radius 3 is 2.55 bits per heavy atom. The van der Waals surface area contributed by atoms with Crippen molar-refractivity contribution in [3.63, 3.8) is 0 Å². The van der Waals surface area contributed by atoms with Crippen LogP contribution < -0.4 is 10.6 Å². The number of piperazine rings is 1. The minimum atomic E-state index is -3.52. The third-order valence-electron chi connectivity index (χ3n) is 4.97. The van der Waals surface area contributed by atoms with Crippen LogP contribution in [0.25, 0.3) is 0 Å². The Morgan fingerprint density at radius 2 is 1.86 bits per heavy atom. The van der Waals surface area contributed by atoms with Crippen molar-refractivity contribution >= 4 is 16.0 Å². The summed E-state index contributed by atoms with van der Waals surface area (Å²) in [6.07, 6.45) is 2.39. The van der Waals surface area contributed by atoms with Crippen LogP contribution in [0.1, 0.15) is 11.3 Å². The van der Waals surface area contributed by atoms with Crippen LogP contribution in [-0.2, 0) is 23.0 Å². The molecule has 0 saturated carbocycles. The first-order valence-corrected chi connectivity index (χ1v) is 11.2. The minimum Gasteiger partial charge on any atom is -0.469 e. The van der Waals surface area contributed by atoms with E-state index < -0.39 is 10.0 Å². The van der Waals surface area contributed by atoms with Gasteiger partial charge in [-0.25, -0.2) is 8.42 Å². The van der Waals surface area contributed by atoms with E-state index in [-0.39, 0.29) is 0 Å². The van der Waals surface area contributed by atoms with Crippen molar-refractivity contribution < 1.29 is 12.8 Å². The first-order valence-electron chi connectivity index (χ1n) is 9.74. The van der Waals surface area contributed by atoms with Crippen LogP contribution in [0.3, 0.4) is 0 Å². The molecule has 1 aliphatic heterocycles. The van der Waals surface area contributed by atoms with Crippen LogP contribution in [0.5, 0.6) is 0 Å². The highest BCUT2D eigenvalue weighted by atomic mass is 32.2. The molecular formula is C20H29N5O3S. The van der Waals surface area contributed by atoms with Gasteiger partial charge in [0.15, 0.2) is 5.96 Å². The Morgan fingerprint density at radius 1 is 1.10 bits per heavy atom. The SMILES string of the molecule is CN=C(NCCc1ccco1)NCc1ccccc1S(=O)(=O)N1CCN(C)CC1. The largest absolute Gasteiger partial charge is 0.469 e. The number of nitrogens with one attached hydrogen (secondary N) is 2. The highest BCUT2D eigenvalue weighted by Crippen LogP contribution is 2.21. The molecule has 0 spiro atoms. The van der Waals surface area contributed by atoms with Gasteiger partial charge in [0.05, 0.1) is 11.2 Å². The summed E-state index contributed by atoms with van der Waals surface area (Å²) in [7, 11) is 0.173. The topological polar surface area (TPSA) is 90.2 Å². The Balaban J connectivity index is 1.62. The van der Waals surface area contributed by atoms with Crippen LogP contribution in [-0.4, -0.2) is 70.4 Å². The standard InChI is InChI=1S/C20H29N5O3S/c1-21-20(22-10-9-18-7-5-15-28-18)23-16-17-6-3-4-8-19(17)29(26,27)25-13-11-24(2)12-14-25/h3-8,15H,9-14,16H2,1-2H3,(H2,21,22,23). The van der Waals surface area contributed by atoms with Crippen molar-refractivity contribution in [1.82, 2.24) is 19.8 Å². The van der Waals surface area contributed by atoms with Gasteiger partial charge in [0.2, 0.25) is 10.0 Å². The van der Waals surface area contributed by atoms with Gasteiger partial charge >= 0.3 is 0 Å². The number of rotatable bonds is 7. The maximum absolute atomic E-state index is 13.2. The van der Waals surface area contributed by atoms with Gasteiger partial charge in [0.25, 0.3) is 0 Å². The number of guanidine groups is 1. The van der Waals surface area contributed by atoms with E-state index in [9.17, 15) is 8.42 Å². The molecule has 0 radical (unpaired) electrons. The van der Waals surface area contributed by atoms with Crippen LogP contribution in [0.15, 0.2) is 57.0 Å². The van der Waals surface area contributed by atoms with Crippen molar-refractivity contribution in [3.8, 4) is 0 Å². The van der Waals surface area contributed by atoms with Gasteiger partial charge in [0, 0.05) is 52.7 Å². The van der Waals surface area contributed by atoms with E-state index in [2.05, 4.69) is 20.5 Å². The maximum Gasteiger partial charge on any atom is 0.243 e. The van der Waals surface area contributed by atoms with Crippen molar-refractivity contribution in [1.29, 1.82) is 0 Å². The van der Waals surface area contributed by atoms with Gasteiger partial charge in [-0.3, -0.25) is 4.99 Å². The number of likely N-dealkylation sites (N-methyl/N-ethyl adjacent to an activating group) is 1. The third kappa shape index (κ3) is 5.59. The van der Waals surface area contributed by atoms with E-state index in [0.717, 1.165) is 30.8 Å². The fourth-order valence-electron chi connectivity index (χ4n) is 3.23. The van der Waals surface area contributed by atoms with Crippen molar-refractivity contribution in [3.05, 3.63) is 54.0 Å². The Labute approximate surface area is 172 Å². The predicted octanol–water partition coefficient (Wildman–Crippen LogP) is 1.12. The zero-order valence-corrected chi connectivity index (χ0v) is 17.8. The molecule has 1 aliphatic rings. The minimum absolute atomic E-state index is 0.350. The number of sulfonamides is 1. The van der Waals surface area contributed by atoms with Crippen molar-refractivity contribution in [2.45, 2.75) is 17.9 Å². The molecule has 1 aromatic carbocycles. The molecule has 2 N–H and O–H groups in total. The second-order valence-electron chi connectivity index (χ2n) is 7.00. The molecule has 158 valence electrons. The second-order valence-corrected chi connectivity index (χ2v) is 8.90. The molecule has 1 saturated heterocycles. The third-order valence-corrected chi connectivity index (χ3v) is 6.97. The van der Waals surface area contributed by atoms with Gasteiger partial charge in [0.1, 0.15) is 5.76 Å². The second kappa shape index (κ2) is 9.91. The molecule has 3 rings (SSSR count). The molecule has 0 bridgehead atoms. The number of nitrogens with zero attached hydrogens (tertiary/aromatic N) is 3. The smallest absolute Gasteiger partial charge is 0.243 e. The molecule has 0 unspecified atom stereocenters. The average Bonchev–Trinajstić information content (AvgIpc) is 3.24. The summed E-state index contributed by atoms with van der Waals surface area (Å²) in [6.45, 7) is 3.53. The van der Waals surface area contributed by atoms with Crippen LogP contribution in [0.2, 0.25) is 0 Å². The van der Waals surface area contributed by atoms with Crippen molar-refractivity contribution in [2.24, 2.45) is 4.99 Å². The molecule has 0 atom stereocenters. The average molecular weight is 420 g/mol. The Kier molecular flexibility index (Phi) is 7.29. The van der Waals surface area contributed by atoms with Gasteiger partial charge in [-0.2, -0.15) is 4.31 Å². The van der Waals surface area contributed by atoms with E-state index in [4.69, 9.17) is 4.42 Å². The fourth-order valence-corrected chi connectivity index (χ4v) is 4.87. The van der Waals surface area contributed by atoms with E-state index in [1.165, 1.54) is 0 Å². The lowest BCUT2D eigenvalue weighted by atomic mass is 10.2. The lowest BCUT2D eigenvalue weighted by Crippen LogP contribution is -2.47. The van der Waals surface area contributed by atoms with E-state index in [1.807, 2.05) is 31.3 Å². The molecule has 8 nitrogen and oxygen atoms in total. The van der Waals surface area contributed by atoms with Gasteiger partial charge in [-0.05, 0) is 30.8 Å². The van der Waals surface area contributed by atoms with Crippen LogP contribution in [0.4, 0.5) is 0 Å². The van der Waals surface area contributed by atoms with Crippen molar-refractivity contribution in [2.75, 3.05) is 46.8 Å². The molecule has 9 heteroatoms. The number of hydrogen-bond acceptors (Lipinski definition) is 5. The predicted molar refractivity (Wildman–Crippen MR) is 113 cm³/mol. The van der Waals surface area contributed by atoms with Crippen LogP contribution in [0, 0.1) is 0 Å². The number of aliphatic imine (C=N–C) groups is 1. The summed E-state index contributed by atoms with van der Waals surface area (Å²) < 4.78 is 33.2. The molecule has 2 heterocycles. The van der Waals surface area contributed by atoms with E-state index >= 15 is 0 Å². The highest BCUT2D eigenvalue weighted by Gasteiger charge is 2.29. The van der Waals surface area contributed by atoms with E-state index in [1.54, 1.807) is 29.7 Å². The quantitative estimate of drug-likeness (QED) is 0.516. The zero-order chi connectivity index (χ0) is 20.7. The molecule has 2 aromatic rings. The summed E-state index contributed by atoms with van der Waals surface area (Å²) in [4.78, 5) is 6.70. The lowest BCUT2D eigenvalue weighted by Gasteiger charge is -2.32. The lowest BCUT2D eigenvalue weighted by molar-refractivity contribution is 0.222. The summed E-state index contributed by atoms with van der Waals surface area (Å²) in [5.41, 5.74) is 0.723. The molecule has 1 fully saturated rings. The Hall–Kier alpha value is -2.36. The van der Waals surface area contributed by atoms with E-state index in [0.29, 0.717) is 37.0 Å². The Bertz CT molecular complexity index is 904. The van der Waals surface area contributed by atoms with Crippen LogP contribution >= 0.6 is 0 Å². The maximum atomic E-state index is 13.2. The monoisotopic (exact) mass is 419 g/mol. The van der Waals surface area contributed by atoms with Gasteiger partial charge < -0.3 is 20.0 Å². The summed E-state index contributed by atoms with van der Waals surface area (Å²) >= 11 is 0. The molecular weight excluding hydrogens is 390 g/mol. The number of benzene rings is 1. The normalized spacial score (nSPS) is 16.7. The fraction of sp³-hybridized carbons (Fsp3) is 0.450. The summed E-state index contributed by atoms with van der Waals surface area (Å²) in [5.74, 6) is 1.51. The van der Waals surface area contributed by atoms with Gasteiger partial charge in [-0.1, -0.05) is 18.2 Å². The highest BCUT2D eigenvalue weighted by molar-refractivity contribution is 7.89. The molecule has 0 amide bonds. The molecule has 0 aliphatic carbocycles. The zero-order valence-electron chi connectivity index (χ0n) is 17.0. The first-order chi connectivity index (χ1) is 14.0. The summed E-state index contributed by atoms with van der Waals surface area (Å²) in [5, 5.41) is 6.42. The first kappa shape index (κ1) is 21.4. The number of hydrogen-bond donors (Lipinski definition) is 2. The molecule has 1 aromatic heterocycles. The number of furan rings is 1.